The first-order chi connectivity index (χ1) is 31.6. The van der Waals surface area contributed by atoms with Crippen LogP contribution in [0.25, 0.3) is 0 Å². The van der Waals surface area contributed by atoms with Gasteiger partial charge >= 0.3 is 11.9 Å². The second kappa shape index (κ2) is 53.9. The molecule has 364 valence electrons. The van der Waals surface area contributed by atoms with Crippen molar-refractivity contribution in [3.05, 3.63) is 109 Å². The highest BCUT2D eigenvalue weighted by atomic mass is 16.6. The van der Waals surface area contributed by atoms with Gasteiger partial charge < -0.3 is 14.2 Å². The zero-order valence-corrected chi connectivity index (χ0v) is 41.8. The molecule has 0 amide bonds. The molecule has 0 fully saturated rings. The van der Waals surface area contributed by atoms with E-state index in [1.54, 1.807) is 0 Å². The van der Waals surface area contributed by atoms with Crippen LogP contribution in [0, 0.1) is 0 Å². The second-order valence-corrected chi connectivity index (χ2v) is 17.0. The van der Waals surface area contributed by atoms with Crippen molar-refractivity contribution >= 4 is 11.9 Å². The normalized spacial score (nSPS) is 13.1. The molecule has 0 aliphatic heterocycles. The Morgan fingerprint density at radius 1 is 0.359 bits per heavy atom. The molecule has 1 unspecified atom stereocenters. The standard InChI is InChI=1S/C59H98O5/c1-4-7-10-13-16-19-22-25-28-29-30-31-33-34-37-40-43-46-49-52-58(60)63-56-57(55-62-54-51-48-45-42-39-36-27-24-21-18-15-12-9-6-3)64-59(61)53-50-47-44-41-38-35-32-26-23-20-17-14-11-8-5-2/h8-9,11-12,16-21,25-28,32,36,38,41,57H,4-7,10,13-15,22-24,29-31,33-35,37,39-40,42-56H2,1-3H3/b11-8-,12-9-,19-16-,20-17-,21-18-,28-25-,32-26-,36-27-,41-38-. The molecular formula is C59H98O5. The third kappa shape index (κ3) is 51.2. The van der Waals surface area contributed by atoms with Crippen LogP contribution in [0.3, 0.4) is 0 Å². The number of unbranched alkanes of at least 4 members (excludes halogenated alkanes) is 18. The smallest absolute Gasteiger partial charge is 0.306 e. The SMILES string of the molecule is CC/C=C\C/C=C\C/C=C\C/C=C\CCCCC(=O)OC(COCCCCCC/C=C\C/C=C\C/C=C\CC)COC(=O)CCCCCCCCCCC/C=C\C/C=C\CCCCC. The Labute approximate surface area is 395 Å². The third-order valence-corrected chi connectivity index (χ3v) is 10.8. The van der Waals surface area contributed by atoms with Gasteiger partial charge in [-0.25, -0.2) is 0 Å². The lowest BCUT2D eigenvalue weighted by Crippen LogP contribution is -2.30. The molecule has 0 saturated carbocycles. The molecule has 64 heavy (non-hydrogen) atoms. The fourth-order valence-corrected chi connectivity index (χ4v) is 6.90. The van der Waals surface area contributed by atoms with Crippen LogP contribution in [-0.2, 0) is 23.8 Å². The lowest BCUT2D eigenvalue weighted by atomic mass is 10.1. The number of carbonyl (C=O) groups is 2. The maximum Gasteiger partial charge on any atom is 0.306 e. The summed E-state index contributed by atoms with van der Waals surface area (Å²) in [6, 6.07) is 0. The molecule has 0 aromatic carbocycles. The Morgan fingerprint density at radius 2 is 0.703 bits per heavy atom. The average molecular weight is 887 g/mol. The summed E-state index contributed by atoms with van der Waals surface area (Å²) < 4.78 is 17.4. The minimum atomic E-state index is -0.578. The van der Waals surface area contributed by atoms with E-state index < -0.39 is 6.10 Å². The summed E-state index contributed by atoms with van der Waals surface area (Å²) >= 11 is 0. The molecule has 0 saturated heterocycles. The molecule has 0 aromatic rings. The van der Waals surface area contributed by atoms with E-state index in [0.29, 0.717) is 19.4 Å². The Bertz CT molecular complexity index is 1280. The molecule has 5 nitrogen and oxygen atoms in total. The van der Waals surface area contributed by atoms with Crippen molar-refractivity contribution < 1.29 is 23.8 Å². The molecule has 0 spiro atoms. The number of hydrogen-bond acceptors (Lipinski definition) is 5. The molecule has 5 heteroatoms. The molecule has 0 N–H and O–H groups in total. The first-order valence-electron chi connectivity index (χ1n) is 26.4. The van der Waals surface area contributed by atoms with Crippen molar-refractivity contribution in [1.82, 2.24) is 0 Å². The Morgan fingerprint density at radius 3 is 1.16 bits per heavy atom. The highest BCUT2D eigenvalue weighted by Gasteiger charge is 2.17. The predicted octanol–water partition coefficient (Wildman–Crippen LogP) is 18.0. The van der Waals surface area contributed by atoms with E-state index in [2.05, 4.69) is 130 Å². The molecule has 0 radical (unpaired) electrons. The molecule has 0 heterocycles. The number of rotatable bonds is 47. The Hall–Kier alpha value is -3.44. The fraction of sp³-hybridized carbons (Fsp3) is 0.661. The van der Waals surface area contributed by atoms with Crippen molar-refractivity contribution in [1.29, 1.82) is 0 Å². The van der Waals surface area contributed by atoms with E-state index >= 15 is 0 Å². The molecule has 0 aromatic heterocycles. The number of hydrogen-bond donors (Lipinski definition) is 0. The van der Waals surface area contributed by atoms with Crippen LogP contribution in [0.2, 0.25) is 0 Å². The second-order valence-electron chi connectivity index (χ2n) is 17.0. The summed E-state index contributed by atoms with van der Waals surface area (Å²) in [6.07, 6.45) is 73.9. The lowest BCUT2D eigenvalue weighted by molar-refractivity contribution is -0.163. The Balaban J connectivity index is 4.36. The van der Waals surface area contributed by atoms with E-state index in [9.17, 15) is 9.59 Å². The highest BCUT2D eigenvalue weighted by molar-refractivity contribution is 5.70. The molecule has 0 aliphatic carbocycles. The van der Waals surface area contributed by atoms with Crippen LogP contribution in [0.1, 0.15) is 226 Å². The minimum absolute atomic E-state index is 0.0510. The first-order valence-corrected chi connectivity index (χ1v) is 26.4. The minimum Gasteiger partial charge on any atom is -0.462 e. The van der Waals surface area contributed by atoms with Crippen molar-refractivity contribution in [2.75, 3.05) is 19.8 Å². The predicted molar refractivity (Wildman–Crippen MR) is 279 cm³/mol. The molecular weight excluding hydrogens is 789 g/mol. The van der Waals surface area contributed by atoms with Gasteiger partial charge in [-0.15, -0.1) is 0 Å². The Kier molecular flexibility index (Phi) is 51.0. The van der Waals surface area contributed by atoms with Gasteiger partial charge in [-0.2, -0.15) is 0 Å². The van der Waals surface area contributed by atoms with Crippen LogP contribution in [0.15, 0.2) is 109 Å². The van der Waals surface area contributed by atoms with Gasteiger partial charge in [0.05, 0.1) is 6.61 Å². The van der Waals surface area contributed by atoms with Gasteiger partial charge in [0, 0.05) is 19.4 Å². The largest absolute Gasteiger partial charge is 0.462 e. The third-order valence-electron chi connectivity index (χ3n) is 10.8. The summed E-state index contributed by atoms with van der Waals surface area (Å²) in [6.45, 7) is 7.47. The van der Waals surface area contributed by atoms with Gasteiger partial charge in [0.1, 0.15) is 6.61 Å². The van der Waals surface area contributed by atoms with Crippen molar-refractivity contribution in [3.8, 4) is 0 Å². The first kappa shape index (κ1) is 60.6. The van der Waals surface area contributed by atoms with Gasteiger partial charge in [0.15, 0.2) is 6.10 Å². The summed E-state index contributed by atoms with van der Waals surface area (Å²) in [5, 5.41) is 0. The van der Waals surface area contributed by atoms with E-state index in [0.717, 1.165) is 116 Å². The number of allylic oxidation sites excluding steroid dienone is 18. The van der Waals surface area contributed by atoms with Crippen LogP contribution in [0.4, 0.5) is 0 Å². The van der Waals surface area contributed by atoms with Gasteiger partial charge in [0.25, 0.3) is 0 Å². The maximum absolute atomic E-state index is 12.8. The highest BCUT2D eigenvalue weighted by Crippen LogP contribution is 2.13. The van der Waals surface area contributed by atoms with Crippen LogP contribution in [0.5, 0.6) is 0 Å². The van der Waals surface area contributed by atoms with Crippen LogP contribution in [-0.4, -0.2) is 37.9 Å². The van der Waals surface area contributed by atoms with E-state index in [-0.39, 0.29) is 25.2 Å². The van der Waals surface area contributed by atoms with Gasteiger partial charge in [0.2, 0.25) is 0 Å². The molecule has 0 aliphatic rings. The summed E-state index contributed by atoms with van der Waals surface area (Å²) in [4.78, 5) is 25.4. The van der Waals surface area contributed by atoms with Gasteiger partial charge in [-0.05, 0) is 122 Å². The van der Waals surface area contributed by atoms with Crippen molar-refractivity contribution in [2.45, 2.75) is 232 Å². The summed E-state index contributed by atoms with van der Waals surface area (Å²) in [5.41, 5.74) is 0. The van der Waals surface area contributed by atoms with E-state index in [1.165, 1.54) is 77.0 Å². The van der Waals surface area contributed by atoms with Crippen molar-refractivity contribution in [3.63, 3.8) is 0 Å². The zero-order valence-electron chi connectivity index (χ0n) is 41.8. The molecule has 0 bridgehead atoms. The quantitative estimate of drug-likeness (QED) is 0.0346. The lowest BCUT2D eigenvalue weighted by Gasteiger charge is -2.18. The van der Waals surface area contributed by atoms with E-state index in [1.807, 2.05) is 0 Å². The molecule has 1 atom stereocenters. The van der Waals surface area contributed by atoms with Gasteiger partial charge in [-0.3, -0.25) is 9.59 Å². The zero-order chi connectivity index (χ0) is 46.3. The van der Waals surface area contributed by atoms with Crippen molar-refractivity contribution in [2.24, 2.45) is 0 Å². The fourth-order valence-electron chi connectivity index (χ4n) is 6.90. The number of esters is 2. The van der Waals surface area contributed by atoms with Crippen LogP contribution < -0.4 is 0 Å². The molecule has 0 rings (SSSR count). The number of ether oxygens (including phenoxy) is 3. The summed E-state index contributed by atoms with van der Waals surface area (Å²) in [5.74, 6) is -0.467. The van der Waals surface area contributed by atoms with E-state index in [4.69, 9.17) is 14.2 Å². The summed E-state index contributed by atoms with van der Waals surface area (Å²) in [7, 11) is 0. The average Bonchev–Trinajstić information content (AvgIpc) is 3.30. The maximum atomic E-state index is 12.8. The topological polar surface area (TPSA) is 61.8 Å². The van der Waals surface area contributed by atoms with Crippen LogP contribution >= 0.6 is 0 Å². The monoisotopic (exact) mass is 887 g/mol. The number of carbonyl (C=O) groups excluding carboxylic acids is 2. The van der Waals surface area contributed by atoms with Gasteiger partial charge in [-0.1, -0.05) is 201 Å².